The van der Waals surface area contributed by atoms with E-state index < -0.39 is 0 Å². The van der Waals surface area contributed by atoms with Gasteiger partial charge in [-0.2, -0.15) is 10.2 Å². The van der Waals surface area contributed by atoms with E-state index in [4.69, 9.17) is 5.26 Å². The number of nitrogens with zero attached hydrogens (tertiary/aromatic N) is 6. The standard InChI is InChI=1S/C19H21N7O/c1-2-21-19-23-10-16-17(24-19)26-7-3-4-15(26)12-25(18(16)27)11-13-5-6-14(8-20)22-9-13/h5-6,9-10,15H,2-4,7,11-12H2,1H3,(H,21,23,24). The molecule has 0 bridgehead atoms. The number of carbonyl (C=O) groups is 1. The minimum atomic E-state index is -0.0631. The van der Waals surface area contributed by atoms with Gasteiger partial charge in [-0.1, -0.05) is 6.07 Å². The Kier molecular flexibility index (Phi) is 4.59. The predicted octanol–water partition coefficient (Wildman–Crippen LogP) is 1.80. The molecule has 2 aliphatic heterocycles. The van der Waals surface area contributed by atoms with Crippen LogP contribution in [0.25, 0.3) is 0 Å². The Bertz CT molecular complexity index is 890. The van der Waals surface area contributed by atoms with Crippen LogP contribution < -0.4 is 10.2 Å². The first-order valence-corrected chi connectivity index (χ1v) is 9.21. The van der Waals surface area contributed by atoms with E-state index in [2.05, 4.69) is 25.2 Å². The van der Waals surface area contributed by atoms with Crippen molar-refractivity contribution in [2.24, 2.45) is 0 Å². The molecule has 0 aliphatic carbocycles. The van der Waals surface area contributed by atoms with Gasteiger partial charge < -0.3 is 15.1 Å². The van der Waals surface area contributed by atoms with Gasteiger partial charge in [0.2, 0.25) is 5.95 Å². The van der Waals surface area contributed by atoms with Gasteiger partial charge in [-0.25, -0.2) is 9.97 Å². The first-order chi connectivity index (χ1) is 13.2. The molecule has 0 saturated carbocycles. The van der Waals surface area contributed by atoms with Crippen LogP contribution in [-0.4, -0.2) is 51.4 Å². The molecule has 4 rings (SSSR count). The van der Waals surface area contributed by atoms with Crippen molar-refractivity contribution >= 4 is 17.7 Å². The molecular formula is C19H21N7O. The lowest BCUT2D eigenvalue weighted by atomic mass is 10.2. The van der Waals surface area contributed by atoms with E-state index in [-0.39, 0.29) is 11.9 Å². The van der Waals surface area contributed by atoms with Crippen molar-refractivity contribution in [3.05, 3.63) is 41.3 Å². The Hall–Kier alpha value is -3.21. The Balaban J connectivity index is 1.66. The fraction of sp³-hybridized carbons (Fsp3) is 0.421. The zero-order valence-electron chi connectivity index (χ0n) is 15.2. The number of carbonyl (C=O) groups excluding carboxylic acids is 1. The summed E-state index contributed by atoms with van der Waals surface area (Å²) in [5.41, 5.74) is 1.82. The molecule has 1 saturated heterocycles. The third kappa shape index (κ3) is 3.28. The van der Waals surface area contributed by atoms with Crippen LogP contribution in [0.4, 0.5) is 11.8 Å². The molecule has 0 radical (unpaired) electrons. The SMILES string of the molecule is CCNc1ncc2c(n1)N1CCCC1CN(Cc1ccc(C#N)nc1)C2=O. The average molecular weight is 363 g/mol. The molecule has 0 aromatic carbocycles. The number of amides is 1. The van der Waals surface area contributed by atoms with Crippen LogP contribution in [0.1, 0.15) is 41.4 Å². The van der Waals surface area contributed by atoms with Crippen LogP contribution in [0, 0.1) is 11.3 Å². The van der Waals surface area contributed by atoms with Gasteiger partial charge >= 0.3 is 0 Å². The lowest BCUT2D eigenvalue weighted by Crippen LogP contribution is -2.39. The molecule has 8 heteroatoms. The lowest BCUT2D eigenvalue weighted by molar-refractivity contribution is 0.0741. The van der Waals surface area contributed by atoms with E-state index >= 15 is 0 Å². The smallest absolute Gasteiger partial charge is 0.259 e. The van der Waals surface area contributed by atoms with Crippen molar-refractivity contribution in [3.8, 4) is 6.07 Å². The van der Waals surface area contributed by atoms with Crippen molar-refractivity contribution < 1.29 is 4.79 Å². The summed E-state index contributed by atoms with van der Waals surface area (Å²) in [7, 11) is 0. The van der Waals surface area contributed by atoms with Gasteiger partial charge in [-0.05, 0) is 31.4 Å². The highest BCUT2D eigenvalue weighted by Crippen LogP contribution is 2.32. The molecule has 1 atom stereocenters. The van der Waals surface area contributed by atoms with Gasteiger partial charge in [0.05, 0.1) is 0 Å². The van der Waals surface area contributed by atoms with E-state index in [0.717, 1.165) is 37.3 Å². The second kappa shape index (κ2) is 7.19. The summed E-state index contributed by atoms with van der Waals surface area (Å²) in [5, 5.41) is 12.0. The number of pyridine rings is 1. The van der Waals surface area contributed by atoms with Crippen molar-refractivity contribution in [1.29, 1.82) is 5.26 Å². The number of hydrogen-bond donors (Lipinski definition) is 1. The van der Waals surface area contributed by atoms with Crippen LogP contribution in [0.5, 0.6) is 0 Å². The van der Waals surface area contributed by atoms with E-state index in [1.807, 2.05) is 24.0 Å². The number of nitrogens with one attached hydrogen (secondary N) is 1. The number of rotatable bonds is 4. The van der Waals surface area contributed by atoms with Crippen LogP contribution >= 0.6 is 0 Å². The molecule has 1 amide bonds. The van der Waals surface area contributed by atoms with Gasteiger partial charge in [-0.3, -0.25) is 4.79 Å². The lowest BCUT2D eigenvalue weighted by Gasteiger charge is -2.27. The van der Waals surface area contributed by atoms with E-state index in [1.165, 1.54) is 0 Å². The third-order valence-electron chi connectivity index (χ3n) is 5.01. The number of nitriles is 1. The molecule has 2 aromatic heterocycles. The summed E-state index contributed by atoms with van der Waals surface area (Å²) in [4.78, 5) is 30.3. The second-order valence-electron chi connectivity index (χ2n) is 6.80. The monoisotopic (exact) mass is 363 g/mol. The molecule has 1 unspecified atom stereocenters. The molecule has 27 heavy (non-hydrogen) atoms. The summed E-state index contributed by atoms with van der Waals surface area (Å²) in [5.74, 6) is 1.22. The molecule has 8 nitrogen and oxygen atoms in total. The normalized spacial score (nSPS) is 18.5. The van der Waals surface area contributed by atoms with E-state index in [0.29, 0.717) is 30.3 Å². The summed E-state index contributed by atoms with van der Waals surface area (Å²) >= 11 is 0. The van der Waals surface area contributed by atoms with Crippen LogP contribution in [0.3, 0.4) is 0 Å². The zero-order valence-corrected chi connectivity index (χ0v) is 15.2. The number of anilines is 2. The van der Waals surface area contributed by atoms with Gasteiger partial charge in [0.1, 0.15) is 23.1 Å². The maximum atomic E-state index is 13.2. The van der Waals surface area contributed by atoms with Crippen molar-refractivity contribution in [1.82, 2.24) is 19.9 Å². The van der Waals surface area contributed by atoms with Gasteiger partial charge in [0, 0.05) is 44.6 Å². The van der Waals surface area contributed by atoms with Crippen LogP contribution in [0.15, 0.2) is 24.5 Å². The first-order valence-electron chi connectivity index (χ1n) is 9.21. The highest BCUT2D eigenvalue weighted by molar-refractivity contribution is 5.99. The van der Waals surface area contributed by atoms with Gasteiger partial charge in [-0.15, -0.1) is 0 Å². The zero-order chi connectivity index (χ0) is 18.8. The second-order valence-corrected chi connectivity index (χ2v) is 6.80. The summed E-state index contributed by atoms with van der Waals surface area (Å²) in [6.07, 6.45) is 5.42. The first kappa shape index (κ1) is 17.2. The van der Waals surface area contributed by atoms with Crippen molar-refractivity contribution in [2.75, 3.05) is 29.9 Å². The van der Waals surface area contributed by atoms with E-state index in [9.17, 15) is 4.79 Å². The number of aromatic nitrogens is 3. The van der Waals surface area contributed by atoms with E-state index in [1.54, 1.807) is 18.5 Å². The Labute approximate surface area is 157 Å². The quantitative estimate of drug-likeness (QED) is 0.884. The number of hydrogen-bond acceptors (Lipinski definition) is 7. The predicted molar refractivity (Wildman–Crippen MR) is 100 cm³/mol. The highest BCUT2D eigenvalue weighted by Gasteiger charge is 2.36. The highest BCUT2D eigenvalue weighted by atomic mass is 16.2. The van der Waals surface area contributed by atoms with Gasteiger partial charge in [0.15, 0.2) is 0 Å². The summed E-state index contributed by atoms with van der Waals surface area (Å²) < 4.78 is 0. The average Bonchev–Trinajstić information content (AvgIpc) is 3.12. The molecule has 4 heterocycles. The fourth-order valence-electron chi connectivity index (χ4n) is 3.74. The minimum Gasteiger partial charge on any atom is -0.354 e. The Morgan fingerprint density at radius 3 is 2.96 bits per heavy atom. The Morgan fingerprint density at radius 2 is 2.22 bits per heavy atom. The molecule has 0 spiro atoms. The molecule has 2 aliphatic rings. The summed E-state index contributed by atoms with van der Waals surface area (Å²) in [6.45, 7) is 4.72. The van der Waals surface area contributed by atoms with Gasteiger partial charge in [0.25, 0.3) is 5.91 Å². The van der Waals surface area contributed by atoms with Crippen LogP contribution in [0.2, 0.25) is 0 Å². The molecule has 1 N–H and O–H groups in total. The number of fused-ring (bicyclic) bond motifs is 3. The Morgan fingerprint density at radius 1 is 1.33 bits per heavy atom. The molecule has 1 fully saturated rings. The van der Waals surface area contributed by atoms with Crippen molar-refractivity contribution in [2.45, 2.75) is 32.4 Å². The maximum absolute atomic E-state index is 13.2. The summed E-state index contributed by atoms with van der Waals surface area (Å²) in [6, 6.07) is 5.80. The van der Waals surface area contributed by atoms with Crippen molar-refractivity contribution in [3.63, 3.8) is 0 Å². The topological polar surface area (TPSA) is 98.0 Å². The fourth-order valence-corrected chi connectivity index (χ4v) is 3.74. The molecule has 138 valence electrons. The third-order valence-corrected chi connectivity index (χ3v) is 5.01. The minimum absolute atomic E-state index is 0.0631. The largest absolute Gasteiger partial charge is 0.354 e. The molecular weight excluding hydrogens is 342 g/mol. The van der Waals surface area contributed by atoms with Crippen LogP contribution in [-0.2, 0) is 6.54 Å². The molecule has 2 aromatic rings. The maximum Gasteiger partial charge on any atom is 0.259 e.